The van der Waals surface area contributed by atoms with Gasteiger partial charge in [0.05, 0.1) is 18.9 Å². The lowest BCUT2D eigenvalue weighted by molar-refractivity contribution is 0.0517. The van der Waals surface area contributed by atoms with Crippen molar-refractivity contribution in [1.82, 2.24) is 9.80 Å². The van der Waals surface area contributed by atoms with E-state index in [9.17, 15) is 0 Å². The van der Waals surface area contributed by atoms with Crippen LogP contribution in [0.2, 0.25) is 0 Å². The van der Waals surface area contributed by atoms with Gasteiger partial charge in [-0.25, -0.2) is 0 Å². The molecule has 0 N–H and O–H groups in total. The lowest BCUT2D eigenvalue weighted by Crippen LogP contribution is -2.44. The van der Waals surface area contributed by atoms with Crippen LogP contribution in [0.4, 0.5) is 0 Å². The summed E-state index contributed by atoms with van der Waals surface area (Å²) in [6, 6.07) is 13.8. The Hall–Kier alpha value is -1.62. The van der Waals surface area contributed by atoms with E-state index >= 15 is 0 Å². The van der Waals surface area contributed by atoms with E-state index in [2.05, 4.69) is 40.1 Å². The van der Waals surface area contributed by atoms with Crippen LogP contribution in [0, 0.1) is 5.92 Å². The fourth-order valence-electron chi connectivity index (χ4n) is 5.56. The minimum atomic E-state index is 0.405. The van der Waals surface area contributed by atoms with Crippen LogP contribution in [0.25, 0.3) is 0 Å². The van der Waals surface area contributed by atoms with Gasteiger partial charge in [-0.15, -0.1) is 0 Å². The van der Waals surface area contributed by atoms with Crippen molar-refractivity contribution in [3.63, 3.8) is 0 Å². The molecule has 0 radical (unpaired) electrons. The van der Waals surface area contributed by atoms with Crippen molar-refractivity contribution in [2.45, 2.75) is 57.2 Å². The molecule has 1 aliphatic carbocycles. The molecular formula is C25H34N2O2. The van der Waals surface area contributed by atoms with Crippen LogP contribution in [-0.4, -0.2) is 54.7 Å². The number of benzene rings is 1. The summed E-state index contributed by atoms with van der Waals surface area (Å²) in [6.45, 7) is 6.54. The van der Waals surface area contributed by atoms with Crippen molar-refractivity contribution in [2.24, 2.45) is 5.92 Å². The Labute approximate surface area is 174 Å². The zero-order valence-electron chi connectivity index (χ0n) is 17.5. The Kier molecular flexibility index (Phi) is 6.03. The standard InChI is InChI=1S/C25H34N2O2/c1-2-6-22-16-23(15-21(22)5-1)27-11-9-20(10-12-27)17-26(18-24-7-3-13-28-24)19-25-8-4-14-29-25/h1-3,5-7,13,20,23,25H,4,8-12,14-19H2. The van der Waals surface area contributed by atoms with Crippen LogP contribution < -0.4 is 0 Å². The summed E-state index contributed by atoms with van der Waals surface area (Å²) in [5.41, 5.74) is 3.14. The second kappa shape index (κ2) is 9.03. The van der Waals surface area contributed by atoms with Crippen LogP contribution in [0.1, 0.15) is 42.6 Å². The zero-order valence-corrected chi connectivity index (χ0v) is 17.5. The zero-order chi connectivity index (χ0) is 19.5. The number of fused-ring (bicyclic) bond motifs is 1. The molecule has 2 saturated heterocycles. The van der Waals surface area contributed by atoms with Crippen molar-refractivity contribution in [3.8, 4) is 0 Å². The molecular weight excluding hydrogens is 360 g/mol. The summed E-state index contributed by atoms with van der Waals surface area (Å²) in [7, 11) is 0. The van der Waals surface area contributed by atoms with E-state index in [4.69, 9.17) is 9.15 Å². The van der Waals surface area contributed by atoms with Gasteiger partial charge in [-0.05, 0) is 80.8 Å². The third-order valence-corrected chi connectivity index (χ3v) is 7.16. The van der Waals surface area contributed by atoms with E-state index in [1.807, 2.05) is 6.07 Å². The molecule has 0 saturated carbocycles. The van der Waals surface area contributed by atoms with Gasteiger partial charge in [-0.2, -0.15) is 0 Å². The van der Waals surface area contributed by atoms with E-state index < -0.39 is 0 Å². The molecule has 3 aliphatic rings. The van der Waals surface area contributed by atoms with Gasteiger partial charge in [0.25, 0.3) is 0 Å². The van der Waals surface area contributed by atoms with E-state index in [1.54, 1.807) is 17.4 Å². The monoisotopic (exact) mass is 394 g/mol. The van der Waals surface area contributed by atoms with Crippen molar-refractivity contribution < 1.29 is 9.15 Å². The van der Waals surface area contributed by atoms with Crippen LogP contribution in [0.5, 0.6) is 0 Å². The molecule has 0 amide bonds. The molecule has 2 aliphatic heterocycles. The second-order valence-corrected chi connectivity index (χ2v) is 9.22. The van der Waals surface area contributed by atoms with Gasteiger partial charge in [0.15, 0.2) is 0 Å². The molecule has 29 heavy (non-hydrogen) atoms. The van der Waals surface area contributed by atoms with Gasteiger partial charge in [-0.3, -0.25) is 9.80 Å². The molecule has 1 aromatic carbocycles. The smallest absolute Gasteiger partial charge is 0.117 e. The Morgan fingerprint density at radius 1 is 0.931 bits per heavy atom. The molecule has 1 aromatic heterocycles. The fraction of sp³-hybridized carbons (Fsp3) is 0.600. The van der Waals surface area contributed by atoms with Gasteiger partial charge >= 0.3 is 0 Å². The highest BCUT2D eigenvalue weighted by Crippen LogP contribution is 2.29. The largest absolute Gasteiger partial charge is 0.468 e. The quantitative estimate of drug-likeness (QED) is 0.706. The summed E-state index contributed by atoms with van der Waals surface area (Å²) in [5.74, 6) is 1.86. The van der Waals surface area contributed by atoms with E-state index in [1.165, 1.54) is 58.2 Å². The highest BCUT2D eigenvalue weighted by molar-refractivity contribution is 5.33. The van der Waals surface area contributed by atoms with Crippen molar-refractivity contribution >= 4 is 0 Å². The van der Waals surface area contributed by atoms with Crippen molar-refractivity contribution in [2.75, 3.05) is 32.8 Å². The fourth-order valence-corrected chi connectivity index (χ4v) is 5.56. The lowest BCUT2D eigenvalue weighted by atomic mass is 9.94. The van der Waals surface area contributed by atoms with Crippen LogP contribution >= 0.6 is 0 Å². The van der Waals surface area contributed by atoms with Gasteiger partial charge in [-0.1, -0.05) is 24.3 Å². The maximum absolute atomic E-state index is 5.93. The minimum absolute atomic E-state index is 0.405. The lowest BCUT2D eigenvalue weighted by Gasteiger charge is -2.38. The first-order valence-corrected chi connectivity index (χ1v) is 11.5. The molecule has 3 heterocycles. The SMILES string of the molecule is c1coc(CN(CC2CCN(C3Cc4ccccc4C3)CC2)CC2CCCO2)c1. The molecule has 156 valence electrons. The number of furan rings is 1. The average Bonchev–Trinajstić information content (AvgIpc) is 3.50. The third-order valence-electron chi connectivity index (χ3n) is 7.16. The van der Waals surface area contributed by atoms with Crippen LogP contribution in [0.3, 0.4) is 0 Å². The molecule has 2 fully saturated rings. The first-order chi connectivity index (χ1) is 14.3. The Morgan fingerprint density at radius 2 is 1.72 bits per heavy atom. The first kappa shape index (κ1) is 19.3. The highest BCUT2D eigenvalue weighted by atomic mass is 16.5. The maximum atomic E-state index is 5.93. The van der Waals surface area contributed by atoms with E-state index in [-0.39, 0.29) is 0 Å². The Bertz CT molecular complexity index is 736. The summed E-state index contributed by atoms with van der Waals surface area (Å²) in [5, 5.41) is 0. The van der Waals surface area contributed by atoms with Crippen LogP contribution in [-0.2, 0) is 24.1 Å². The normalized spacial score (nSPS) is 23.8. The molecule has 0 bridgehead atoms. The Morgan fingerprint density at radius 3 is 2.38 bits per heavy atom. The second-order valence-electron chi connectivity index (χ2n) is 9.22. The number of piperidine rings is 1. The third kappa shape index (κ3) is 4.76. The number of rotatable bonds is 7. The number of ether oxygens (including phenoxy) is 1. The summed E-state index contributed by atoms with van der Waals surface area (Å²) in [6.07, 6.45) is 9.71. The molecule has 0 spiro atoms. The molecule has 2 aromatic rings. The summed E-state index contributed by atoms with van der Waals surface area (Å²) >= 11 is 0. The molecule has 4 nitrogen and oxygen atoms in total. The number of nitrogens with zero attached hydrogens (tertiary/aromatic N) is 2. The Balaban J connectivity index is 1.14. The maximum Gasteiger partial charge on any atom is 0.117 e. The van der Waals surface area contributed by atoms with Crippen molar-refractivity contribution in [1.29, 1.82) is 0 Å². The van der Waals surface area contributed by atoms with E-state index in [0.717, 1.165) is 37.4 Å². The average molecular weight is 395 g/mol. The van der Waals surface area contributed by atoms with Gasteiger partial charge in [0.1, 0.15) is 5.76 Å². The number of hydrogen-bond donors (Lipinski definition) is 0. The summed E-state index contributed by atoms with van der Waals surface area (Å²) < 4.78 is 11.6. The number of hydrogen-bond acceptors (Lipinski definition) is 4. The highest BCUT2D eigenvalue weighted by Gasteiger charge is 2.31. The molecule has 1 unspecified atom stereocenters. The molecule has 4 heteroatoms. The summed E-state index contributed by atoms with van der Waals surface area (Å²) in [4.78, 5) is 5.34. The van der Waals surface area contributed by atoms with E-state index in [0.29, 0.717) is 6.10 Å². The predicted molar refractivity (Wildman–Crippen MR) is 115 cm³/mol. The van der Waals surface area contributed by atoms with Crippen LogP contribution in [0.15, 0.2) is 47.1 Å². The van der Waals surface area contributed by atoms with Gasteiger partial charge in [0.2, 0.25) is 0 Å². The minimum Gasteiger partial charge on any atom is -0.468 e. The molecule has 5 rings (SSSR count). The van der Waals surface area contributed by atoms with Crippen molar-refractivity contribution in [3.05, 3.63) is 59.5 Å². The van der Waals surface area contributed by atoms with Gasteiger partial charge < -0.3 is 9.15 Å². The first-order valence-electron chi connectivity index (χ1n) is 11.5. The van der Waals surface area contributed by atoms with Gasteiger partial charge in [0, 0.05) is 25.7 Å². The predicted octanol–water partition coefficient (Wildman–Crippen LogP) is 4.14. The topological polar surface area (TPSA) is 28.9 Å². The molecule has 1 atom stereocenters. The number of likely N-dealkylation sites (tertiary alicyclic amines) is 1.